The van der Waals surface area contributed by atoms with Crippen LogP contribution in [0.25, 0.3) is 0 Å². The third kappa shape index (κ3) is 11.0. The minimum atomic E-state index is 0.552. The van der Waals surface area contributed by atoms with Crippen molar-refractivity contribution in [3.05, 3.63) is 18.2 Å². The zero-order valence-corrected chi connectivity index (χ0v) is 19.1. The molecule has 0 amide bonds. The van der Waals surface area contributed by atoms with Gasteiger partial charge < -0.3 is 0 Å². The average Bonchev–Trinajstić information content (AvgIpc) is 3.15. The third-order valence-corrected chi connectivity index (χ3v) is 6.09. The van der Waals surface area contributed by atoms with E-state index in [1.807, 2.05) is 0 Å². The van der Waals surface area contributed by atoms with Gasteiger partial charge in [-0.2, -0.15) is 0 Å². The van der Waals surface area contributed by atoms with E-state index in [9.17, 15) is 0 Å². The van der Waals surface area contributed by atoms with E-state index in [1.54, 1.807) is 0 Å². The summed E-state index contributed by atoms with van der Waals surface area (Å²) in [6.07, 6.45) is 27.1. The number of nitrogens with zero attached hydrogens (tertiary/aromatic N) is 1. The van der Waals surface area contributed by atoms with Crippen LogP contribution in [0.3, 0.4) is 0 Å². The highest BCUT2D eigenvalue weighted by atomic mass is 15.1. The van der Waals surface area contributed by atoms with Crippen LogP contribution < -0.4 is 4.57 Å². The van der Waals surface area contributed by atoms with Crippen molar-refractivity contribution < 1.29 is 4.57 Å². The lowest BCUT2D eigenvalue weighted by Gasteiger charge is -2.13. The predicted molar refractivity (Wildman–Crippen MR) is 119 cm³/mol. The van der Waals surface area contributed by atoms with Crippen LogP contribution in [0.2, 0.25) is 0 Å². The number of aromatic amines is 1. The van der Waals surface area contributed by atoms with E-state index in [0.717, 1.165) is 0 Å². The molecule has 2 nitrogen and oxygen atoms in total. The summed E-state index contributed by atoms with van der Waals surface area (Å²) in [4.78, 5) is 3.50. The first-order chi connectivity index (χ1) is 13.2. The summed E-state index contributed by atoms with van der Waals surface area (Å²) in [6, 6.07) is 0.552. The number of nitrogens with one attached hydrogen (secondary N) is 1. The van der Waals surface area contributed by atoms with E-state index in [1.165, 1.54) is 109 Å². The molecule has 1 aromatic heterocycles. The molecular weight excluding hydrogens is 328 g/mol. The minimum absolute atomic E-state index is 0.552. The van der Waals surface area contributed by atoms with E-state index in [0.29, 0.717) is 12.0 Å². The van der Waals surface area contributed by atoms with Crippen LogP contribution >= 0.6 is 0 Å². The monoisotopic (exact) mass is 377 g/mol. The maximum absolute atomic E-state index is 3.50. The average molecular weight is 378 g/mol. The van der Waals surface area contributed by atoms with E-state index in [2.05, 4.69) is 49.6 Å². The summed E-state index contributed by atoms with van der Waals surface area (Å²) in [5.41, 5.74) is 0. The molecule has 27 heavy (non-hydrogen) atoms. The van der Waals surface area contributed by atoms with Gasteiger partial charge in [-0.3, -0.25) is 0 Å². The largest absolute Gasteiger partial charge is 0.257 e. The molecule has 0 spiro atoms. The molecule has 158 valence electrons. The Hall–Kier alpha value is -0.790. The van der Waals surface area contributed by atoms with E-state index in [-0.39, 0.29) is 0 Å². The zero-order chi connectivity index (χ0) is 19.7. The molecule has 0 saturated heterocycles. The van der Waals surface area contributed by atoms with Crippen LogP contribution in [0.4, 0.5) is 0 Å². The molecule has 0 unspecified atom stereocenters. The predicted octanol–water partition coefficient (Wildman–Crippen LogP) is 8.25. The normalized spacial score (nSPS) is 12.8. The van der Waals surface area contributed by atoms with Crippen molar-refractivity contribution in [2.24, 2.45) is 0 Å². The fourth-order valence-electron chi connectivity index (χ4n) is 4.26. The van der Waals surface area contributed by atoms with Crippen LogP contribution in [0, 0.1) is 0 Å². The number of unbranched alkanes of at least 4 members (excludes halogenated alkanes) is 13. The maximum atomic E-state index is 3.50. The maximum Gasteiger partial charge on any atom is 0.257 e. The highest BCUT2D eigenvalue weighted by molar-refractivity contribution is 4.89. The van der Waals surface area contributed by atoms with Gasteiger partial charge in [0.05, 0.1) is 12.0 Å². The second kappa shape index (κ2) is 16.2. The smallest absolute Gasteiger partial charge is 0.247 e. The molecule has 0 fully saturated rings. The van der Waals surface area contributed by atoms with Crippen molar-refractivity contribution in [2.45, 2.75) is 142 Å². The van der Waals surface area contributed by atoms with Gasteiger partial charge in [-0.1, -0.05) is 104 Å². The molecule has 0 aliphatic rings. The Morgan fingerprint density at radius 1 is 0.741 bits per heavy atom. The summed E-state index contributed by atoms with van der Waals surface area (Å²) in [6.45, 7) is 9.18. The summed E-state index contributed by atoms with van der Waals surface area (Å²) in [5.74, 6) is 2.13. The number of aromatic nitrogens is 2. The second-order valence-electron chi connectivity index (χ2n) is 8.84. The van der Waals surface area contributed by atoms with Crippen molar-refractivity contribution in [2.75, 3.05) is 0 Å². The van der Waals surface area contributed by atoms with E-state index in [4.69, 9.17) is 0 Å². The number of hydrogen-bond donors (Lipinski definition) is 1. The summed E-state index contributed by atoms with van der Waals surface area (Å²) < 4.78 is 2.41. The van der Waals surface area contributed by atoms with Crippen molar-refractivity contribution in [1.82, 2.24) is 4.98 Å². The molecule has 0 radical (unpaired) electrons. The Labute approximate surface area is 170 Å². The lowest BCUT2D eigenvalue weighted by Crippen LogP contribution is -2.39. The highest BCUT2D eigenvalue weighted by Crippen LogP contribution is 2.23. The Kier molecular flexibility index (Phi) is 14.5. The van der Waals surface area contributed by atoms with Gasteiger partial charge in [-0.15, -0.1) is 0 Å². The summed E-state index contributed by atoms with van der Waals surface area (Å²) in [7, 11) is 0. The molecule has 2 heteroatoms. The van der Waals surface area contributed by atoms with Gasteiger partial charge in [0.15, 0.2) is 0 Å². The first-order valence-electron chi connectivity index (χ1n) is 12.3. The lowest BCUT2D eigenvalue weighted by molar-refractivity contribution is -0.723. The molecule has 0 aliphatic carbocycles. The van der Waals surface area contributed by atoms with Gasteiger partial charge in [0.25, 0.3) is 5.82 Å². The van der Waals surface area contributed by atoms with Crippen molar-refractivity contribution in [3.8, 4) is 0 Å². The van der Waals surface area contributed by atoms with Crippen LogP contribution in [0.15, 0.2) is 12.4 Å². The second-order valence-corrected chi connectivity index (χ2v) is 8.84. The fraction of sp³-hybridized carbons (Fsp3) is 0.880. The molecule has 1 atom stereocenters. The first-order valence-corrected chi connectivity index (χ1v) is 12.3. The van der Waals surface area contributed by atoms with Crippen LogP contribution in [-0.2, 0) is 0 Å². The Balaban J connectivity index is 1.97. The molecule has 1 heterocycles. The molecule has 0 bridgehead atoms. The lowest BCUT2D eigenvalue weighted by atomic mass is 9.96. The molecule has 1 N–H and O–H groups in total. The van der Waals surface area contributed by atoms with E-state index < -0.39 is 0 Å². The Morgan fingerprint density at radius 2 is 1.22 bits per heavy atom. The van der Waals surface area contributed by atoms with Crippen molar-refractivity contribution in [3.63, 3.8) is 0 Å². The van der Waals surface area contributed by atoms with Gasteiger partial charge in [-0.05, 0) is 26.7 Å². The summed E-state index contributed by atoms with van der Waals surface area (Å²) >= 11 is 0. The molecule has 1 rings (SSSR count). The number of imidazole rings is 1. The highest BCUT2D eigenvalue weighted by Gasteiger charge is 2.22. The minimum Gasteiger partial charge on any atom is -0.247 e. The zero-order valence-electron chi connectivity index (χ0n) is 19.1. The number of rotatable bonds is 18. The number of H-pyrrole nitrogens is 1. The first kappa shape index (κ1) is 24.2. The Morgan fingerprint density at radius 3 is 1.67 bits per heavy atom. The molecule has 0 saturated carbocycles. The topological polar surface area (TPSA) is 19.7 Å². The quantitative estimate of drug-likeness (QED) is 0.196. The van der Waals surface area contributed by atoms with Gasteiger partial charge >= 0.3 is 0 Å². The molecule has 1 aromatic rings. The molecule has 0 aromatic carbocycles. The van der Waals surface area contributed by atoms with Crippen LogP contribution in [-0.4, -0.2) is 4.98 Å². The standard InChI is InChI=1S/C25H48N2/c1-5-7-8-9-10-11-12-13-14-15-16-17-18-19-20-24(6-2)25-26-21-22-27(25)23(3)4/h21-24H,5-20H2,1-4H3/p+1/t24-/m0/s1. The van der Waals surface area contributed by atoms with Crippen molar-refractivity contribution in [1.29, 1.82) is 0 Å². The third-order valence-electron chi connectivity index (χ3n) is 6.09. The van der Waals surface area contributed by atoms with Gasteiger partial charge in [-0.25, -0.2) is 9.55 Å². The van der Waals surface area contributed by atoms with Gasteiger partial charge in [0.1, 0.15) is 12.4 Å². The van der Waals surface area contributed by atoms with E-state index >= 15 is 0 Å². The molecular formula is C25H49N2+. The van der Waals surface area contributed by atoms with Crippen molar-refractivity contribution >= 4 is 0 Å². The van der Waals surface area contributed by atoms with Gasteiger partial charge in [0.2, 0.25) is 0 Å². The number of hydrogen-bond acceptors (Lipinski definition) is 0. The van der Waals surface area contributed by atoms with Crippen LogP contribution in [0.1, 0.15) is 148 Å². The SMILES string of the molecule is CCCCCCCCCCCCCCCC[C@H](CC)c1[nH]cc[n+]1C(C)C. The molecule has 0 aliphatic heterocycles. The fourth-order valence-corrected chi connectivity index (χ4v) is 4.26. The summed E-state index contributed by atoms with van der Waals surface area (Å²) in [5, 5.41) is 0. The van der Waals surface area contributed by atoms with Crippen LogP contribution in [0.5, 0.6) is 0 Å². The van der Waals surface area contributed by atoms with Gasteiger partial charge in [0, 0.05) is 0 Å². The Bertz CT molecular complexity index is 435.